The third-order valence-corrected chi connectivity index (χ3v) is 2.52. The Hall–Kier alpha value is -2.57. The fourth-order valence-electron chi connectivity index (χ4n) is 1.47. The molecular formula is C14H18N2O5. The minimum atomic E-state index is -1.11. The van der Waals surface area contributed by atoms with E-state index in [0.29, 0.717) is 12.4 Å². The molecule has 1 rings (SSSR count). The number of benzene rings is 1. The average Bonchev–Trinajstić information content (AvgIpc) is 2.47. The maximum absolute atomic E-state index is 12.0. The number of carbonyl (C=O) groups is 3. The van der Waals surface area contributed by atoms with E-state index in [2.05, 4.69) is 5.32 Å². The number of ether oxygens (including phenoxy) is 2. The van der Waals surface area contributed by atoms with Crippen molar-refractivity contribution in [2.45, 2.75) is 20.0 Å². The number of urea groups is 1. The molecule has 0 aliphatic rings. The molecule has 0 fully saturated rings. The highest BCUT2D eigenvalue weighted by atomic mass is 16.5. The summed E-state index contributed by atoms with van der Waals surface area (Å²) in [6.45, 7) is 3.57. The fourth-order valence-corrected chi connectivity index (χ4v) is 1.47. The van der Waals surface area contributed by atoms with Gasteiger partial charge in [0.1, 0.15) is 11.3 Å². The quantitative estimate of drug-likeness (QED) is 0.793. The fraction of sp³-hybridized carbons (Fsp3) is 0.357. The van der Waals surface area contributed by atoms with Crippen LogP contribution in [0.3, 0.4) is 0 Å². The van der Waals surface area contributed by atoms with Gasteiger partial charge in [-0.1, -0.05) is 12.1 Å². The van der Waals surface area contributed by atoms with Crippen molar-refractivity contribution in [2.75, 3.05) is 13.7 Å². The van der Waals surface area contributed by atoms with Crippen LogP contribution in [0.1, 0.15) is 24.2 Å². The van der Waals surface area contributed by atoms with Gasteiger partial charge in [0.2, 0.25) is 0 Å². The maximum atomic E-state index is 12.0. The summed E-state index contributed by atoms with van der Waals surface area (Å²) in [7, 11) is 1.37. The molecule has 1 aromatic rings. The lowest BCUT2D eigenvalue weighted by Crippen LogP contribution is -2.43. The Morgan fingerprint density at radius 3 is 2.52 bits per heavy atom. The molecule has 0 spiro atoms. The molecule has 7 nitrogen and oxygen atoms in total. The first kappa shape index (κ1) is 16.5. The van der Waals surface area contributed by atoms with Gasteiger partial charge in [-0.25, -0.2) is 9.59 Å². The van der Waals surface area contributed by atoms with Crippen molar-refractivity contribution in [3.63, 3.8) is 0 Å². The third kappa shape index (κ3) is 4.79. The molecule has 0 bridgehead atoms. The Labute approximate surface area is 122 Å². The molecule has 0 radical (unpaired) electrons. The number of para-hydroxylation sites is 1. The van der Waals surface area contributed by atoms with Crippen LogP contribution in [0.25, 0.3) is 0 Å². The van der Waals surface area contributed by atoms with Gasteiger partial charge in [-0.15, -0.1) is 0 Å². The van der Waals surface area contributed by atoms with Crippen LogP contribution in [-0.2, 0) is 9.53 Å². The third-order valence-electron chi connectivity index (χ3n) is 2.52. The van der Waals surface area contributed by atoms with Crippen molar-refractivity contribution >= 4 is 17.9 Å². The molecule has 21 heavy (non-hydrogen) atoms. The number of amides is 3. The first-order valence-corrected chi connectivity index (χ1v) is 6.45. The highest BCUT2D eigenvalue weighted by Crippen LogP contribution is 2.19. The molecule has 0 aliphatic heterocycles. The number of hydrogen-bond acceptors (Lipinski definition) is 5. The first-order valence-electron chi connectivity index (χ1n) is 6.45. The Kier molecular flexibility index (Phi) is 6.19. The molecular weight excluding hydrogens is 276 g/mol. The number of esters is 1. The van der Waals surface area contributed by atoms with Crippen molar-refractivity contribution in [3.8, 4) is 5.75 Å². The molecule has 0 unspecified atom stereocenters. The summed E-state index contributed by atoms with van der Waals surface area (Å²) < 4.78 is 10.3. The summed E-state index contributed by atoms with van der Waals surface area (Å²) >= 11 is 0. The monoisotopic (exact) mass is 294 g/mol. The summed E-state index contributed by atoms with van der Waals surface area (Å²) in [5, 5.41) is 4.26. The Bertz CT molecular complexity index is 530. The largest absolute Gasteiger partial charge is 0.493 e. The van der Waals surface area contributed by atoms with E-state index < -0.39 is 24.0 Å². The van der Waals surface area contributed by atoms with Gasteiger partial charge in [-0.05, 0) is 26.0 Å². The highest BCUT2D eigenvalue weighted by Gasteiger charge is 2.22. The number of carbonyl (C=O) groups excluding carboxylic acids is 3. The lowest BCUT2D eigenvalue weighted by Gasteiger charge is -2.14. The van der Waals surface area contributed by atoms with E-state index >= 15 is 0 Å². The SMILES string of the molecule is CCOc1ccccc1C(=O)O[C@H](C)C(=O)NC(=O)NC. The standard InChI is InChI=1S/C14H18N2O5/c1-4-20-11-8-6-5-7-10(11)13(18)21-9(2)12(17)16-14(19)15-3/h5-9H,4H2,1-3H3,(H2,15,16,17,19)/t9-/m1/s1. The zero-order valence-electron chi connectivity index (χ0n) is 12.1. The van der Waals surface area contributed by atoms with Gasteiger partial charge < -0.3 is 14.8 Å². The summed E-state index contributed by atoms with van der Waals surface area (Å²) in [6.07, 6.45) is -1.11. The van der Waals surface area contributed by atoms with Gasteiger partial charge in [0.25, 0.3) is 5.91 Å². The number of hydrogen-bond donors (Lipinski definition) is 2. The summed E-state index contributed by atoms with van der Waals surface area (Å²) in [4.78, 5) is 34.7. The van der Waals surface area contributed by atoms with Gasteiger partial charge in [-0.2, -0.15) is 0 Å². The van der Waals surface area contributed by atoms with Crippen LogP contribution in [0.4, 0.5) is 4.79 Å². The van der Waals surface area contributed by atoms with Crippen LogP contribution in [0.5, 0.6) is 5.75 Å². The lowest BCUT2D eigenvalue weighted by molar-refractivity contribution is -0.127. The van der Waals surface area contributed by atoms with E-state index in [0.717, 1.165) is 0 Å². The van der Waals surface area contributed by atoms with Gasteiger partial charge in [-0.3, -0.25) is 10.1 Å². The second kappa shape index (κ2) is 7.88. The van der Waals surface area contributed by atoms with Crippen LogP contribution >= 0.6 is 0 Å². The van der Waals surface area contributed by atoms with Crippen molar-refractivity contribution in [1.29, 1.82) is 0 Å². The first-order chi connectivity index (χ1) is 9.99. The Morgan fingerprint density at radius 2 is 1.90 bits per heavy atom. The zero-order valence-corrected chi connectivity index (χ0v) is 12.1. The van der Waals surface area contributed by atoms with E-state index in [1.807, 2.05) is 5.32 Å². The minimum absolute atomic E-state index is 0.221. The topological polar surface area (TPSA) is 93.7 Å². The van der Waals surface area contributed by atoms with E-state index in [9.17, 15) is 14.4 Å². The Balaban J connectivity index is 2.72. The van der Waals surface area contributed by atoms with Crippen molar-refractivity contribution in [2.24, 2.45) is 0 Å². The molecule has 0 saturated carbocycles. The van der Waals surface area contributed by atoms with Crippen LogP contribution in [0.15, 0.2) is 24.3 Å². The molecule has 7 heteroatoms. The van der Waals surface area contributed by atoms with Gasteiger partial charge in [0, 0.05) is 7.05 Å². The summed E-state index contributed by atoms with van der Waals surface area (Å²) in [6, 6.07) is 5.89. The molecule has 0 heterocycles. The van der Waals surface area contributed by atoms with E-state index in [1.165, 1.54) is 20.0 Å². The molecule has 0 aliphatic carbocycles. The predicted molar refractivity (Wildman–Crippen MR) is 75.1 cm³/mol. The highest BCUT2D eigenvalue weighted by molar-refractivity contribution is 5.99. The summed E-state index contributed by atoms with van der Waals surface area (Å²) in [5.74, 6) is -1.03. The van der Waals surface area contributed by atoms with Crippen LogP contribution in [0.2, 0.25) is 0 Å². The van der Waals surface area contributed by atoms with E-state index in [-0.39, 0.29) is 5.56 Å². The van der Waals surface area contributed by atoms with Crippen molar-refractivity contribution < 1.29 is 23.9 Å². The van der Waals surface area contributed by atoms with Crippen molar-refractivity contribution in [1.82, 2.24) is 10.6 Å². The van der Waals surface area contributed by atoms with Gasteiger partial charge >= 0.3 is 12.0 Å². The van der Waals surface area contributed by atoms with E-state index in [4.69, 9.17) is 9.47 Å². The zero-order chi connectivity index (χ0) is 15.8. The van der Waals surface area contributed by atoms with E-state index in [1.54, 1.807) is 25.1 Å². The number of nitrogens with one attached hydrogen (secondary N) is 2. The van der Waals surface area contributed by atoms with Crippen LogP contribution < -0.4 is 15.4 Å². The van der Waals surface area contributed by atoms with Crippen LogP contribution in [-0.4, -0.2) is 37.7 Å². The smallest absolute Gasteiger partial charge is 0.342 e. The molecule has 1 atom stereocenters. The molecule has 1 aromatic carbocycles. The van der Waals surface area contributed by atoms with Crippen LogP contribution in [0, 0.1) is 0 Å². The molecule has 114 valence electrons. The molecule has 0 aromatic heterocycles. The normalized spacial score (nSPS) is 11.2. The molecule has 0 saturated heterocycles. The predicted octanol–water partition coefficient (Wildman–Crippen LogP) is 1.09. The minimum Gasteiger partial charge on any atom is -0.493 e. The molecule has 2 N–H and O–H groups in total. The van der Waals surface area contributed by atoms with Gasteiger partial charge in [0.05, 0.1) is 6.61 Å². The number of imide groups is 1. The number of rotatable bonds is 5. The lowest BCUT2D eigenvalue weighted by atomic mass is 10.2. The maximum Gasteiger partial charge on any atom is 0.342 e. The average molecular weight is 294 g/mol. The van der Waals surface area contributed by atoms with Crippen molar-refractivity contribution in [3.05, 3.63) is 29.8 Å². The van der Waals surface area contributed by atoms with Gasteiger partial charge in [0.15, 0.2) is 6.10 Å². The second-order valence-electron chi connectivity index (χ2n) is 4.05. The second-order valence-corrected chi connectivity index (χ2v) is 4.05. The molecule has 3 amide bonds. The summed E-state index contributed by atoms with van der Waals surface area (Å²) in [5.41, 5.74) is 0.221. The Morgan fingerprint density at radius 1 is 1.24 bits per heavy atom.